The number of halogens is 1. The van der Waals surface area contributed by atoms with E-state index in [1.54, 1.807) is 54.6 Å². The van der Waals surface area contributed by atoms with Crippen LogP contribution in [0.5, 0.6) is 0 Å². The number of hydrogen-bond donors (Lipinski definition) is 0. The third-order valence-corrected chi connectivity index (χ3v) is 8.29. The summed E-state index contributed by atoms with van der Waals surface area (Å²) in [4.78, 5) is 13.4. The number of para-hydroxylation sites is 1. The van der Waals surface area contributed by atoms with Gasteiger partial charge in [-0.15, -0.1) is 0 Å². The van der Waals surface area contributed by atoms with Crippen LogP contribution in [0.3, 0.4) is 0 Å². The van der Waals surface area contributed by atoms with Gasteiger partial charge in [0.05, 0.1) is 16.3 Å². The minimum Gasteiger partial charge on any atom is -0.294 e. The average Bonchev–Trinajstić information content (AvgIpc) is 2.89. The highest BCUT2D eigenvalue weighted by atomic mass is 35.5. The molecule has 0 radical (unpaired) electrons. The van der Waals surface area contributed by atoms with Crippen LogP contribution in [0.25, 0.3) is 5.70 Å². The molecule has 0 saturated heterocycles. The molecule has 4 aromatic carbocycles. The summed E-state index contributed by atoms with van der Waals surface area (Å²) in [6.07, 6.45) is 2.08. The third-order valence-electron chi connectivity index (χ3n) is 6.31. The first-order valence-corrected chi connectivity index (χ1v) is 13.4. The number of hydrogen-bond acceptors (Lipinski definition) is 3. The second-order valence-corrected chi connectivity index (χ2v) is 11.0. The Morgan fingerprint density at radius 1 is 0.861 bits per heavy atom. The van der Waals surface area contributed by atoms with Crippen LogP contribution in [-0.2, 0) is 10.0 Å². The quantitative estimate of drug-likeness (QED) is 0.255. The van der Waals surface area contributed by atoms with Crippen molar-refractivity contribution in [2.24, 2.45) is 0 Å². The summed E-state index contributed by atoms with van der Waals surface area (Å²) in [5.74, 6) is -0.372. The molecule has 180 valence electrons. The lowest BCUT2D eigenvalue weighted by atomic mass is 9.86. The van der Waals surface area contributed by atoms with Gasteiger partial charge in [-0.2, -0.15) is 0 Å². The van der Waals surface area contributed by atoms with Crippen molar-refractivity contribution in [1.29, 1.82) is 0 Å². The lowest BCUT2D eigenvalue weighted by molar-refractivity contribution is 0.0978. The largest absolute Gasteiger partial charge is 0.294 e. The van der Waals surface area contributed by atoms with Crippen molar-refractivity contribution in [3.63, 3.8) is 0 Å². The Hall–Kier alpha value is -3.67. The average molecular weight is 514 g/mol. The van der Waals surface area contributed by atoms with Gasteiger partial charge in [-0.05, 0) is 48.4 Å². The molecule has 1 atom stereocenters. The fourth-order valence-electron chi connectivity index (χ4n) is 4.51. The van der Waals surface area contributed by atoms with Crippen molar-refractivity contribution in [2.45, 2.75) is 24.2 Å². The normalized spacial score (nSPS) is 15.2. The van der Waals surface area contributed by atoms with Gasteiger partial charge in [0.25, 0.3) is 10.0 Å². The fourth-order valence-corrected chi connectivity index (χ4v) is 6.24. The standard InChI is InChI=1S/C30H24ClNO3S/c1-21-14-16-26(17-15-21)36(34,35)32-28-13-6-5-12-27(28)24(19-29(32)22-8-3-2-4-9-22)20-30(33)23-10-7-11-25(31)18-23/h2-19,24H,20H2,1H3/t24-/m0/s1. The maximum atomic E-state index is 14.0. The second-order valence-electron chi connectivity index (χ2n) is 8.80. The summed E-state index contributed by atoms with van der Waals surface area (Å²) >= 11 is 6.12. The number of Topliss-reactive ketones (excluding diaryl/α,β-unsaturated/α-hetero) is 1. The molecule has 0 N–H and O–H groups in total. The Morgan fingerprint density at radius 3 is 2.28 bits per heavy atom. The first kappa shape index (κ1) is 24.0. The van der Waals surface area contributed by atoms with E-state index in [-0.39, 0.29) is 23.0 Å². The van der Waals surface area contributed by atoms with Crippen LogP contribution >= 0.6 is 11.6 Å². The van der Waals surface area contributed by atoms with E-state index in [4.69, 9.17) is 11.6 Å². The Labute approximate surface area is 216 Å². The summed E-state index contributed by atoms with van der Waals surface area (Å²) in [6.45, 7) is 1.92. The van der Waals surface area contributed by atoms with Gasteiger partial charge in [-0.3, -0.25) is 4.79 Å². The molecular weight excluding hydrogens is 490 g/mol. The zero-order valence-electron chi connectivity index (χ0n) is 19.6. The Kier molecular flexibility index (Phi) is 6.52. The van der Waals surface area contributed by atoms with Crippen molar-refractivity contribution < 1.29 is 13.2 Å². The van der Waals surface area contributed by atoms with E-state index >= 15 is 0 Å². The molecule has 0 fully saturated rings. The molecule has 4 aromatic rings. The third kappa shape index (κ3) is 4.60. The zero-order valence-corrected chi connectivity index (χ0v) is 21.2. The molecule has 0 amide bonds. The van der Waals surface area contributed by atoms with E-state index in [2.05, 4.69) is 0 Å². The van der Waals surface area contributed by atoms with Gasteiger partial charge in [-0.1, -0.05) is 96.0 Å². The number of allylic oxidation sites excluding steroid dienone is 1. The number of sulfonamides is 1. The van der Waals surface area contributed by atoms with E-state index in [1.807, 2.05) is 61.5 Å². The summed E-state index contributed by atoms with van der Waals surface area (Å²) in [5.41, 5.74) is 4.11. The summed E-state index contributed by atoms with van der Waals surface area (Å²) in [7, 11) is -3.94. The minimum absolute atomic E-state index is 0.0594. The van der Waals surface area contributed by atoms with Gasteiger partial charge < -0.3 is 0 Å². The molecule has 0 aliphatic carbocycles. The van der Waals surface area contributed by atoms with Crippen molar-refractivity contribution in [3.8, 4) is 0 Å². The molecule has 1 aliphatic heterocycles. The molecule has 0 spiro atoms. The number of carbonyl (C=O) groups is 1. The first-order chi connectivity index (χ1) is 17.3. The molecule has 4 nitrogen and oxygen atoms in total. The number of benzene rings is 4. The summed E-state index contributed by atoms with van der Waals surface area (Å²) < 4.78 is 29.5. The second kappa shape index (κ2) is 9.76. The molecule has 0 saturated carbocycles. The van der Waals surface area contributed by atoms with Gasteiger partial charge in [-0.25, -0.2) is 12.7 Å². The molecule has 1 heterocycles. The summed E-state index contributed by atoms with van der Waals surface area (Å²) in [5, 5.41) is 0.501. The number of rotatable bonds is 6. The van der Waals surface area contributed by atoms with Crippen LogP contribution in [0.15, 0.2) is 114 Å². The highest BCUT2D eigenvalue weighted by molar-refractivity contribution is 7.93. The SMILES string of the molecule is Cc1ccc(S(=O)(=O)N2C(c3ccccc3)=C[C@@H](CC(=O)c3cccc(Cl)c3)c3ccccc32)cc1. The highest BCUT2D eigenvalue weighted by Gasteiger charge is 2.36. The monoisotopic (exact) mass is 513 g/mol. The lowest BCUT2D eigenvalue weighted by Crippen LogP contribution is -2.33. The Balaban J connectivity index is 1.66. The predicted octanol–water partition coefficient (Wildman–Crippen LogP) is 7.26. The van der Waals surface area contributed by atoms with Crippen LogP contribution < -0.4 is 4.31 Å². The molecule has 1 aliphatic rings. The van der Waals surface area contributed by atoms with Crippen LogP contribution in [-0.4, -0.2) is 14.2 Å². The molecule has 0 unspecified atom stereocenters. The predicted molar refractivity (Wildman–Crippen MR) is 145 cm³/mol. The maximum Gasteiger partial charge on any atom is 0.268 e. The minimum atomic E-state index is -3.94. The van der Waals surface area contributed by atoms with Gasteiger partial charge >= 0.3 is 0 Å². The van der Waals surface area contributed by atoms with E-state index < -0.39 is 10.0 Å². The number of anilines is 1. The lowest BCUT2D eigenvalue weighted by Gasteiger charge is -2.35. The zero-order chi connectivity index (χ0) is 25.3. The van der Waals surface area contributed by atoms with Gasteiger partial charge in [0.15, 0.2) is 5.78 Å². The number of fused-ring (bicyclic) bond motifs is 1. The maximum absolute atomic E-state index is 14.0. The molecule has 0 aromatic heterocycles. The fraction of sp³-hybridized carbons (Fsp3) is 0.100. The molecule has 36 heavy (non-hydrogen) atoms. The first-order valence-electron chi connectivity index (χ1n) is 11.6. The van der Waals surface area contributed by atoms with E-state index in [1.165, 1.54) is 4.31 Å². The van der Waals surface area contributed by atoms with Gasteiger partial charge in [0.2, 0.25) is 0 Å². The van der Waals surface area contributed by atoms with Crippen molar-refractivity contribution in [1.82, 2.24) is 0 Å². The van der Waals surface area contributed by atoms with Crippen LogP contribution in [0.2, 0.25) is 5.02 Å². The van der Waals surface area contributed by atoms with E-state index in [0.717, 1.165) is 16.7 Å². The summed E-state index contributed by atoms with van der Waals surface area (Å²) in [6, 6.07) is 30.5. The van der Waals surface area contributed by atoms with E-state index in [0.29, 0.717) is 22.0 Å². The van der Waals surface area contributed by atoms with Crippen molar-refractivity contribution in [3.05, 3.63) is 136 Å². The Bertz CT molecular complexity index is 1560. The van der Waals surface area contributed by atoms with Crippen LogP contribution in [0, 0.1) is 6.92 Å². The van der Waals surface area contributed by atoms with Crippen LogP contribution in [0.4, 0.5) is 5.69 Å². The van der Waals surface area contributed by atoms with Gasteiger partial charge in [0, 0.05) is 22.9 Å². The number of aryl methyl sites for hydroxylation is 1. The number of carbonyl (C=O) groups excluding carboxylic acids is 1. The van der Waals surface area contributed by atoms with E-state index in [9.17, 15) is 13.2 Å². The molecule has 5 rings (SSSR count). The van der Waals surface area contributed by atoms with Crippen molar-refractivity contribution >= 4 is 38.8 Å². The number of nitrogens with zero attached hydrogens (tertiary/aromatic N) is 1. The number of ketones is 1. The Morgan fingerprint density at radius 2 is 1.56 bits per heavy atom. The molecular formula is C30H24ClNO3S. The topological polar surface area (TPSA) is 54.5 Å². The molecule has 0 bridgehead atoms. The van der Waals surface area contributed by atoms with Crippen LogP contribution in [0.1, 0.15) is 39.4 Å². The molecule has 6 heteroatoms. The smallest absolute Gasteiger partial charge is 0.268 e. The van der Waals surface area contributed by atoms with Gasteiger partial charge in [0.1, 0.15) is 0 Å². The van der Waals surface area contributed by atoms with Crippen molar-refractivity contribution in [2.75, 3.05) is 4.31 Å². The highest BCUT2D eigenvalue weighted by Crippen LogP contribution is 2.44.